The molecule has 1 fully saturated rings. The zero-order valence-electron chi connectivity index (χ0n) is 22.5. The van der Waals surface area contributed by atoms with E-state index >= 15 is 0 Å². The Bertz CT molecular complexity index is 1680. The van der Waals surface area contributed by atoms with E-state index in [4.69, 9.17) is 0 Å². The van der Waals surface area contributed by atoms with Crippen LogP contribution < -0.4 is 5.32 Å². The predicted octanol–water partition coefficient (Wildman–Crippen LogP) is 5.19. The van der Waals surface area contributed by atoms with Crippen LogP contribution in [-0.4, -0.2) is 50.2 Å². The van der Waals surface area contributed by atoms with Crippen molar-refractivity contribution in [1.29, 1.82) is 0 Å². The number of nitrogens with one attached hydrogen (secondary N) is 2. The molecule has 1 atom stereocenters. The number of pyridine rings is 1. The second-order valence-corrected chi connectivity index (χ2v) is 10.2. The first-order valence-electron chi connectivity index (χ1n) is 13.7. The number of carbonyl (C=O) groups is 2. The van der Waals surface area contributed by atoms with Gasteiger partial charge in [-0.25, -0.2) is 4.99 Å². The van der Waals surface area contributed by atoms with Crippen molar-refractivity contribution < 1.29 is 9.59 Å². The molecule has 0 saturated carbocycles. The molecule has 0 aliphatic carbocycles. The van der Waals surface area contributed by atoms with E-state index in [-0.39, 0.29) is 17.9 Å². The van der Waals surface area contributed by atoms with Crippen LogP contribution in [0.15, 0.2) is 108 Å². The van der Waals surface area contributed by atoms with E-state index in [9.17, 15) is 9.59 Å². The molecule has 3 heterocycles. The Morgan fingerprint density at radius 3 is 2.41 bits per heavy atom. The van der Waals surface area contributed by atoms with Gasteiger partial charge in [-0.3, -0.25) is 24.6 Å². The molecule has 8 nitrogen and oxygen atoms in total. The van der Waals surface area contributed by atoms with Crippen LogP contribution in [0.4, 0.5) is 0 Å². The molecule has 1 aliphatic rings. The summed E-state index contributed by atoms with van der Waals surface area (Å²) in [7, 11) is 0. The molecule has 3 aromatic carbocycles. The zero-order chi connectivity index (χ0) is 28.0. The lowest BCUT2D eigenvalue weighted by Crippen LogP contribution is -2.51. The van der Waals surface area contributed by atoms with Crippen LogP contribution >= 0.6 is 0 Å². The highest BCUT2D eigenvalue weighted by atomic mass is 16.2. The summed E-state index contributed by atoms with van der Waals surface area (Å²) in [5.74, 6) is -0.306. The number of nitrogens with zero attached hydrogens (tertiary/aromatic N) is 4. The number of H-pyrrole nitrogens is 1. The van der Waals surface area contributed by atoms with E-state index in [0.717, 1.165) is 39.0 Å². The smallest absolute Gasteiger partial charge is 0.276 e. The van der Waals surface area contributed by atoms with Crippen LogP contribution in [0.5, 0.6) is 0 Å². The molecule has 0 unspecified atom stereocenters. The van der Waals surface area contributed by atoms with Gasteiger partial charge in [0.25, 0.3) is 5.91 Å². The van der Waals surface area contributed by atoms with Gasteiger partial charge in [0.1, 0.15) is 5.69 Å². The van der Waals surface area contributed by atoms with E-state index in [1.54, 1.807) is 18.5 Å². The molecule has 6 rings (SSSR count). The van der Waals surface area contributed by atoms with Crippen LogP contribution in [0.2, 0.25) is 0 Å². The maximum absolute atomic E-state index is 13.3. The van der Waals surface area contributed by atoms with Crippen LogP contribution in [-0.2, 0) is 17.9 Å². The van der Waals surface area contributed by atoms with Crippen molar-refractivity contribution in [3.8, 4) is 11.3 Å². The van der Waals surface area contributed by atoms with E-state index < -0.39 is 0 Å². The van der Waals surface area contributed by atoms with Gasteiger partial charge in [-0.15, -0.1) is 0 Å². The molecule has 1 aliphatic heterocycles. The minimum atomic E-state index is -0.307. The Hall–Kier alpha value is -4.95. The van der Waals surface area contributed by atoms with Gasteiger partial charge in [0.05, 0.1) is 11.6 Å². The standard InChI is InChI=1S/C33H30N6O2/c40-32(26-11-13-29-28(19-26)31(38-37-29)25-15-17-34-18-16-25)36-27-12-14-30(33(41)35-20-23-7-3-1-4-8-23)39(22-27)21-24-9-5-2-6-10-24/h1-11,13,15-19,30H,12,14,20-22H2,(H,35,41)(H,37,38)/t30-/m0/s1. The molecule has 204 valence electrons. The molecule has 2 aromatic heterocycles. The summed E-state index contributed by atoms with van der Waals surface area (Å²) in [5.41, 5.74) is 5.97. The molecule has 2 N–H and O–H groups in total. The number of carbonyl (C=O) groups excluding carboxylic acids is 2. The number of piperidine rings is 1. The summed E-state index contributed by atoms with van der Waals surface area (Å²) < 4.78 is 0. The van der Waals surface area contributed by atoms with Crippen LogP contribution in [0.25, 0.3) is 22.2 Å². The number of hydrogen-bond donors (Lipinski definition) is 2. The number of aromatic amines is 1. The Labute approximate surface area is 238 Å². The highest BCUT2D eigenvalue weighted by Gasteiger charge is 2.31. The third-order valence-electron chi connectivity index (χ3n) is 7.40. The Balaban J connectivity index is 1.21. The second-order valence-electron chi connectivity index (χ2n) is 10.2. The first-order valence-corrected chi connectivity index (χ1v) is 13.7. The predicted molar refractivity (Wildman–Crippen MR) is 159 cm³/mol. The summed E-state index contributed by atoms with van der Waals surface area (Å²) >= 11 is 0. The van der Waals surface area contributed by atoms with Crippen molar-refractivity contribution in [2.75, 3.05) is 6.54 Å². The lowest BCUT2D eigenvalue weighted by Gasteiger charge is -2.35. The van der Waals surface area contributed by atoms with E-state index in [1.807, 2.05) is 72.8 Å². The number of aliphatic imine (C=N–C) groups is 1. The third kappa shape index (κ3) is 6.13. The molecule has 41 heavy (non-hydrogen) atoms. The highest BCUT2D eigenvalue weighted by Crippen LogP contribution is 2.27. The van der Waals surface area contributed by atoms with E-state index in [0.29, 0.717) is 38.0 Å². The first kappa shape index (κ1) is 26.3. The second kappa shape index (κ2) is 12.1. The first-order chi connectivity index (χ1) is 20.1. The molecule has 1 saturated heterocycles. The molecule has 8 heteroatoms. The minimum absolute atomic E-state index is 0.00999. The fourth-order valence-electron chi connectivity index (χ4n) is 5.27. The summed E-state index contributed by atoms with van der Waals surface area (Å²) in [6.07, 6.45) is 4.61. The van der Waals surface area contributed by atoms with Gasteiger partial charge in [-0.2, -0.15) is 5.10 Å². The maximum atomic E-state index is 13.3. The van der Waals surface area contributed by atoms with E-state index in [2.05, 4.69) is 42.5 Å². The summed E-state index contributed by atoms with van der Waals surface area (Å²) in [4.78, 5) is 37.4. The largest absolute Gasteiger partial charge is 0.351 e. The van der Waals surface area contributed by atoms with Gasteiger partial charge in [-0.05, 0) is 54.3 Å². The fraction of sp³-hybridized carbons (Fsp3) is 0.182. The summed E-state index contributed by atoms with van der Waals surface area (Å²) in [6, 6.07) is 28.9. The molecule has 0 radical (unpaired) electrons. The molecule has 0 spiro atoms. The monoisotopic (exact) mass is 542 g/mol. The average Bonchev–Trinajstić information content (AvgIpc) is 3.45. The highest BCUT2D eigenvalue weighted by molar-refractivity contribution is 6.07. The fourth-order valence-corrected chi connectivity index (χ4v) is 5.27. The molecule has 0 bridgehead atoms. The van der Waals surface area contributed by atoms with Crippen LogP contribution in [0.3, 0.4) is 0 Å². The van der Waals surface area contributed by atoms with Gasteiger partial charge in [0.2, 0.25) is 5.91 Å². The minimum Gasteiger partial charge on any atom is -0.351 e. The Kier molecular flexibility index (Phi) is 7.73. The quantitative estimate of drug-likeness (QED) is 0.295. The Morgan fingerprint density at radius 1 is 0.927 bits per heavy atom. The summed E-state index contributed by atoms with van der Waals surface area (Å²) in [6.45, 7) is 1.51. The normalized spacial score (nSPS) is 16.6. The van der Waals surface area contributed by atoms with Crippen LogP contribution in [0.1, 0.15) is 34.3 Å². The van der Waals surface area contributed by atoms with Crippen LogP contribution in [0, 0.1) is 0 Å². The SMILES string of the molecule is O=C(N=C1CC[C@@H](C(=O)NCc2ccccc2)N(Cc2ccccc2)C1)c1ccc2[nH]nc(-c3ccncc3)c2c1. The number of aromatic nitrogens is 3. The number of hydrogen-bond acceptors (Lipinski definition) is 5. The molecule has 2 amide bonds. The number of fused-ring (bicyclic) bond motifs is 1. The van der Waals surface area contributed by atoms with Crippen molar-refractivity contribution >= 4 is 28.4 Å². The average molecular weight is 543 g/mol. The van der Waals surface area contributed by atoms with E-state index in [1.165, 1.54) is 0 Å². The molecular formula is C33H30N6O2. The van der Waals surface area contributed by atoms with Gasteiger partial charge in [-0.1, -0.05) is 60.7 Å². The number of likely N-dealkylation sites (tertiary alicyclic amines) is 1. The van der Waals surface area contributed by atoms with Crippen molar-refractivity contribution in [2.24, 2.45) is 4.99 Å². The van der Waals surface area contributed by atoms with Crippen molar-refractivity contribution in [2.45, 2.75) is 32.0 Å². The summed E-state index contributed by atoms with van der Waals surface area (Å²) in [5, 5.41) is 11.4. The lowest BCUT2D eigenvalue weighted by molar-refractivity contribution is -0.127. The Morgan fingerprint density at radius 2 is 1.66 bits per heavy atom. The van der Waals surface area contributed by atoms with Gasteiger partial charge in [0.15, 0.2) is 0 Å². The van der Waals surface area contributed by atoms with Gasteiger partial charge >= 0.3 is 0 Å². The third-order valence-corrected chi connectivity index (χ3v) is 7.40. The topological polar surface area (TPSA) is 103 Å². The number of benzene rings is 3. The van der Waals surface area contributed by atoms with Crippen molar-refractivity contribution in [1.82, 2.24) is 25.4 Å². The molecular weight excluding hydrogens is 512 g/mol. The lowest BCUT2D eigenvalue weighted by atomic mass is 9.98. The zero-order valence-corrected chi connectivity index (χ0v) is 22.5. The number of amides is 2. The number of rotatable bonds is 7. The van der Waals surface area contributed by atoms with Crippen molar-refractivity contribution in [3.05, 3.63) is 120 Å². The van der Waals surface area contributed by atoms with Gasteiger partial charge in [0, 0.05) is 54.3 Å². The van der Waals surface area contributed by atoms with Crippen molar-refractivity contribution in [3.63, 3.8) is 0 Å². The maximum Gasteiger partial charge on any atom is 0.276 e. The molecule has 5 aromatic rings. The van der Waals surface area contributed by atoms with Gasteiger partial charge < -0.3 is 5.32 Å².